The fraction of sp³-hybridized carbons (Fsp3) is 0.364. The Labute approximate surface area is 92.5 Å². The molecule has 0 bridgehead atoms. The maximum absolute atomic E-state index is 11.4. The number of carbonyl (C=O) groups excluding carboxylic acids is 1. The Morgan fingerprint density at radius 1 is 1.50 bits per heavy atom. The van der Waals surface area contributed by atoms with E-state index in [1.165, 1.54) is 6.33 Å². The van der Waals surface area contributed by atoms with Crippen molar-refractivity contribution in [3.05, 3.63) is 30.2 Å². The predicted molar refractivity (Wildman–Crippen MR) is 58.0 cm³/mol. The van der Waals surface area contributed by atoms with Gasteiger partial charge < -0.3 is 5.32 Å². The number of ketones is 1. The molecule has 3 heterocycles. The molecule has 5 heteroatoms. The molecule has 0 radical (unpaired) electrons. The van der Waals surface area contributed by atoms with Gasteiger partial charge in [0.25, 0.3) is 0 Å². The van der Waals surface area contributed by atoms with Crippen molar-refractivity contribution < 1.29 is 4.79 Å². The Bertz CT molecular complexity index is 534. The molecule has 1 saturated heterocycles. The summed E-state index contributed by atoms with van der Waals surface area (Å²) in [5.74, 6) is 0.310. The number of piperidine rings is 1. The fourth-order valence-electron chi connectivity index (χ4n) is 2.15. The first-order chi connectivity index (χ1) is 7.84. The van der Waals surface area contributed by atoms with Crippen LogP contribution in [0.4, 0.5) is 0 Å². The van der Waals surface area contributed by atoms with E-state index in [0.717, 1.165) is 17.8 Å². The van der Waals surface area contributed by atoms with E-state index in [4.69, 9.17) is 0 Å². The van der Waals surface area contributed by atoms with E-state index in [-0.39, 0.29) is 6.04 Å². The van der Waals surface area contributed by atoms with Crippen molar-refractivity contribution >= 4 is 11.4 Å². The lowest BCUT2D eigenvalue weighted by atomic mass is 9.97. The summed E-state index contributed by atoms with van der Waals surface area (Å²) >= 11 is 0. The van der Waals surface area contributed by atoms with Gasteiger partial charge in [0.15, 0.2) is 5.65 Å². The first-order valence-corrected chi connectivity index (χ1v) is 5.38. The summed E-state index contributed by atoms with van der Waals surface area (Å²) in [5, 5.41) is 7.43. The van der Waals surface area contributed by atoms with Crippen LogP contribution in [-0.2, 0) is 4.79 Å². The smallest absolute Gasteiger partial charge is 0.160 e. The van der Waals surface area contributed by atoms with Gasteiger partial charge in [0.2, 0.25) is 0 Å². The summed E-state index contributed by atoms with van der Waals surface area (Å²) in [6, 6.07) is 4.01. The number of hydrogen-bond acceptors (Lipinski definition) is 4. The summed E-state index contributed by atoms with van der Waals surface area (Å²) in [4.78, 5) is 15.7. The van der Waals surface area contributed by atoms with Crippen molar-refractivity contribution in [3.63, 3.8) is 0 Å². The molecule has 82 valence electrons. The first kappa shape index (κ1) is 9.47. The molecule has 0 aliphatic carbocycles. The van der Waals surface area contributed by atoms with E-state index >= 15 is 0 Å². The van der Waals surface area contributed by atoms with Gasteiger partial charge in [-0.15, -0.1) is 0 Å². The minimum absolute atomic E-state index is 0.0779. The van der Waals surface area contributed by atoms with Crippen LogP contribution in [0.25, 0.3) is 5.65 Å². The topological polar surface area (TPSA) is 59.3 Å². The Kier molecular flexibility index (Phi) is 2.18. The molecule has 2 aromatic heterocycles. The average Bonchev–Trinajstić information content (AvgIpc) is 2.76. The van der Waals surface area contributed by atoms with Crippen molar-refractivity contribution in [1.29, 1.82) is 0 Å². The largest absolute Gasteiger partial charge is 0.309 e. The van der Waals surface area contributed by atoms with Gasteiger partial charge in [-0.3, -0.25) is 4.79 Å². The fourth-order valence-corrected chi connectivity index (χ4v) is 2.15. The second kappa shape index (κ2) is 3.68. The van der Waals surface area contributed by atoms with Gasteiger partial charge in [-0.05, 0) is 6.07 Å². The Hall–Kier alpha value is -1.75. The lowest BCUT2D eigenvalue weighted by molar-refractivity contribution is -0.120. The molecular weight excluding hydrogens is 204 g/mol. The summed E-state index contributed by atoms with van der Waals surface area (Å²) in [7, 11) is 0. The summed E-state index contributed by atoms with van der Waals surface area (Å²) < 4.78 is 1.73. The highest BCUT2D eigenvalue weighted by Crippen LogP contribution is 2.23. The molecule has 0 saturated carbocycles. The molecule has 1 aliphatic heterocycles. The third-order valence-corrected chi connectivity index (χ3v) is 2.94. The number of carbonyl (C=O) groups is 1. The summed E-state index contributed by atoms with van der Waals surface area (Å²) in [5.41, 5.74) is 1.88. The number of hydrogen-bond donors (Lipinski definition) is 1. The van der Waals surface area contributed by atoms with E-state index in [0.29, 0.717) is 18.6 Å². The number of nitrogens with zero attached hydrogens (tertiary/aromatic N) is 3. The SMILES string of the molecule is O=C1CCNC(c2cccn3ncnc23)C1. The Morgan fingerprint density at radius 2 is 2.44 bits per heavy atom. The molecule has 16 heavy (non-hydrogen) atoms. The molecule has 1 N–H and O–H groups in total. The van der Waals surface area contributed by atoms with Crippen LogP contribution in [-0.4, -0.2) is 26.9 Å². The summed E-state index contributed by atoms with van der Waals surface area (Å²) in [6.45, 7) is 0.749. The molecule has 0 spiro atoms. The van der Waals surface area contributed by atoms with Gasteiger partial charge in [0, 0.05) is 37.2 Å². The molecule has 1 unspecified atom stereocenters. The number of Topliss-reactive ketones (excluding diaryl/α,β-unsaturated/α-hetero) is 1. The molecule has 3 rings (SSSR count). The van der Waals surface area contributed by atoms with Gasteiger partial charge in [-0.25, -0.2) is 9.50 Å². The van der Waals surface area contributed by atoms with E-state index in [1.54, 1.807) is 4.52 Å². The van der Waals surface area contributed by atoms with E-state index in [1.807, 2.05) is 18.3 Å². The highest BCUT2D eigenvalue weighted by atomic mass is 16.1. The predicted octanol–water partition coefficient (Wildman–Crippen LogP) is 0.723. The van der Waals surface area contributed by atoms with Gasteiger partial charge in [0.05, 0.1) is 0 Å². The van der Waals surface area contributed by atoms with Crippen LogP contribution in [0.3, 0.4) is 0 Å². The number of aromatic nitrogens is 3. The van der Waals surface area contributed by atoms with Crippen LogP contribution in [0.1, 0.15) is 24.4 Å². The minimum atomic E-state index is 0.0779. The number of fused-ring (bicyclic) bond motifs is 1. The second-order valence-electron chi connectivity index (χ2n) is 3.99. The molecule has 5 nitrogen and oxygen atoms in total. The zero-order chi connectivity index (χ0) is 11.0. The van der Waals surface area contributed by atoms with Crippen LogP contribution in [0.15, 0.2) is 24.7 Å². The first-order valence-electron chi connectivity index (χ1n) is 5.38. The van der Waals surface area contributed by atoms with Gasteiger partial charge in [-0.1, -0.05) is 6.07 Å². The third kappa shape index (κ3) is 1.49. The van der Waals surface area contributed by atoms with Crippen molar-refractivity contribution in [2.24, 2.45) is 0 Å². The Balaban J connectivity index is 2.04. The monoisotopic (exact) mass is 216 g/mol. The van der Waals surface area contributed by atoms with Gasteiger partial charge >= 0.3 is 0 Å². The van der Waals surface area contributed by atoms with Crippen molar-refractivity contribution in [3.8, 4) is 0 Å². The minimum Gasteiger partial charge on any atom is -0.309 e. The molecule has 0 aromatic carbocycles. The zero-order valence-corrected chi connectivity index (χ0v) is 8.76. The van der Waals surface area contributed by atoms with Crippen LogP contribution in [0.2, 0.25) is 0 Å². The average molecular weight is 216 g/mol. The van der Waals surface area contributed by atoms with Crippen LogP contribution in [0.5, 0.6) is 0 Å². The maximum Gasteiger partial charge on any atom is 0.160 e. The molecule has 1 atom stereocenters. The van der Waals surface area contributed by atoms with E-state index < -0.39 is 0 Å². The second-order valence-corrected chi connectivity index (χ2v) is 3.99. The normalized spacial score (nSPS) is 21.5. The van der Waals surface area contributed by atoms with Crippen LogP contribution in [0, 0.1) is 0 Å². The van der Waals surface area contributed by atoms with Crippen LogP contribution >= 0.6 is 0 Å². The molecule has 0 amide bonds. The number of rotatable bonds is 1. The highest BCUT2D eigenvalue weighted by molar-refractivity contribution is 5.80. The molecular formula is C11H12N4O. The van der Waals surface area contributed by atoms with Crippen LogP contribution < -0.4 is 5.32 Å². The maximum atomic E-state index is 11.4. The quantitative estimate of drug-likeness (QED) is 0.763. The summed E-state index contributed by atoms with van der Waals surface area (Å²) in [6.07, 6.45) is 4.57. The Morgan fingerprint density at radius 3 is 3.31 bits per heavy atom. The number of pyridine rings is 1. The van der Waals surface area contributed by atoms with E-state index in [9.17, 15) is 4.79 Å². The van der Waals surface area contributed by atoms with Crippen molar-refractivity contribution in [1.82, 2.24) is 19.9 Å². The van der Waals surface area contributed by atoms with Crippen molar-refractivity contribution in [2.45, 2.75) is 18.9 Å². The number of nitrogens with one attached hydrogen (secondary N) is 1. The van der Waals surface area contributed by atoms with Gasteiger partial charge in [0.1, 0.15) is 12.1 Å². The van der Waals surface area contributed by atoms with Crippen molar-refractivity contribution in [2.75, 3.05) is 6.54 Å². The molecule has 1 fully saturated rings. The van der Waals surface area contributed by atoms with Gasteiger partial charge in [-0.2, -0.15) is 5.10 Å². The third-order valence-electron chi connectivity index (χ3n) is 2.94. The molecule has 1 aliphatic rings. The standard InChI is InChI=1S/C11H12N4O/c16-8-3-4-12-10(6-8)9-2-1-5-15-11(9)13-7-14-15/h1-2,5,7,10,12H,3-4,6H2. The highest BCUT2D eigenvalue weighted by Gasteiger charge is 2.22. The lowest BCUT2D eigenvalue weighted by Crippen LogP contribution is -2.32. The lowest BCUT2D eigenvalue weighted by Gasteiger charge is -2.22. The molecule has 2 aromatic rings. The van der Waals surface area contributed by atoms with E-state index in [2.05, 4.69) is 15.4 Å². The zero-order valence-electron chi connectivity index (χ0n) is 8.76.